The van der Waals surface area contributed by atoms with E-state index in [1.54, 1.807) is 13.4 Å². The number of rotatable bonds is 9. The molecule has 0 amide bonds. The summed E-state index contributed by atoms with van der Waals surface area (Å²) >= 11 is 1.94. The van der Waals surface area contributed by atoms with Crippen LogP contribution >= 0.6 is 36.6 Å². The minimum absolute atomic E-state index is 0. The molecule has 0 saturated carbocycles. The highest BCUT2D eigenvalue weighted by atomic mass is 35.5. The maximum absolute atomic E-state index is 12.5. The van der Waals surface area contributed by atoms with Crippen molar-refractivity contribution in [3.8, 4) is 0 Å². The Hall–Kier alpha value is -1.78. The van der Waals surface area contributed by atoms with Gasteiger partial charge in [0.1, 0.15) is 0 Å². The predicted molar refractivity (Wildman–Crippen MR) is 144 cm³/mol. The van der Waals surface area contributed by atoms with Crippen LogP contribution in [0.1, 0.15) is 12.8 Å². The summed E-state index contributed by atoms with van der Waals surface area (Å²) in [6.07, 6.45) is 3.84. The Morgan fingerprint density at radius 2 is 1.47 bits per heavy atom. The maximum atomic E-state index is 12.5. The van der Waals surface area contributed by atoms with Crippen LogP contribution in [0.3, 0.4) is 0 Å². The normalized spacial score (nSPS) is 14.6. The second-order valence-electron chi connectivity index (χ2n) is 8.37. The number of aryl methyl sites for hydroxylation is 2. The summed E-state index contributed by atoms with van der Waals surface area (Å²) in [5.41, 5.74) is 0.342. The van der Waals surface area contributed by atoms with Gasteiger partial charge in [-0.3, -0.25) is 13.9 Å². The Labute approximate surface area is 216 Å². The van der Waals surface area contributed by atoms with Gasteiger partial charge in [0, 0.05) is 51.7 Å². The van der Waals surface area contributed by atoms with Crippen LogP contribution in [0, 0.1) is 0 Å². The van der Waals surface area contributed by atoms with Crippen LogP contribution in [0.25, 0.3) is 11.2 Å². The van der Waals surface area contributed by atoms with Crippen molar-refractivity contribution >= 4 is 47.7 Å². The lowest BCUT2D eigenvalue weighted by molar-refractivity contribution is 0.131. The number of aromatic nitrogens is 4. The van der Waals surface area contributed by atoms with Gasteiger partial charge in [0.2, 0.25) is 0 Å². The number of nitrogens with zero attached hydrogens (tertiary/aromatic N) is 6. The highest BCUT2D eigenvalue weighted by Gasteiger charge is 2.17. The minimum Gasteiger partial charge on any atom is -0.325 e. The summed E-state index contributed by atoms with van der Waals surface area (Å²) in [5, 5.41) is 0. The summed E-state index contributed by atoms with van der Waals surface area (Å²) in [6.45, 7) is 7.31. The van der Waals surface area contributed by atoms with Crippen LogP contribution in [0.5, 0.6) is 0 Å². The van der Waals surface area contributed by atoms with Crippen molar-refractivity contribution < 1.29 is 0 Å². The molecule has 0 aliphatic carbocycles. The van der Waals surface area contributed by atoms with Crippen molar-refractivity contribution in [2.24, 2.45) is 14.1 Å². The first kappa shape index (κ1) is 28.5. The highest BCUT2D eigenvalue weighted by Crippen LogP contribution is 2.18. The zero-order chi connectivity index (χ0) is 22.5. The molecule has 2 aromatic heterocycles. The number of thioether (sulfide) groups is 1. The van der Waals surface area contributed by atoms with Crippen LogP contribution < -0.4 is 11.2 Å². The topological polar surface area (TPSA) is 68.3 Å². The van der Waals surface area contributed by atoms with E-state index in [2.05, 4.69) is 45.1 Å². The number of hydrogen-bond donors (Lipinski definition) is 0. The van der Waals surface area contributed by atoms with Crippen molar-refractivity contribution in [3.05, 3.63) is 57.5 Å². The standard InChI is InChI=1S/C23H32N6O2S.2ClH/c1-25-21-20(22(30)26(2)23(25)31)29(18-24-21)12-6-10-27-13-15-28(16-14-27)11-7-17-32-19-8-4-3-5-9-19;;/h3-5,8-9,18H,6-7,10-17H2,1-2H3;2*1H. The van der Waals surface area contributed by atoms with Gasteiger partial charge in [0.15, 0.2) is 11.2 Å². The third-order valence-corrected chi connectivity index (χ3v) is 7.28. The molecule has 1 aromatic carbocycles. The molecule has 0 N–H and O–H groups in total. The van der Waals surface area contributed by atoms with Gasteiger partial charge in [-0.2, -0.15) is 0 Å². The van der Waals surface area contributed by atoms with Gasteiger partial charge < -0.3 is 14.4 Å². The molecular formula is C23H34Cl2N6O2S. The van der Waals surface area contributed by atoms with E-state index in [9.17, 15) is 9.59 Å². The molecule has 3 aromatic rings. The molecule has 0 atom stereocenters. The van der Waals surface area contributed by atoms with Gasteiger partial charge in [0.05, 0.1) is 6.33 Å². The molecule has 1 aliphatic heterocycles. The van der Waals surface area contributed by atoms with E-state index in [1.165, 1.54) is 22.9 Å². The van der Waals surface area contributed by atoms with Crippen molar-refractivity contribution in [1.82, 2.24) is 28.5 Å². The molecule has 4 rings (SSSR count). The molecule has 11 heteroatoms. The highest BCUT2D eigenvalue weighted by molar-refractivity contribution is 7.99. The molecule has 0 spiro atoms. The summed E-state index contributed by atoms with van der Waals surface area (Å²) in [6, 6.07) is 10.6. The van der Waals surface area contributed by atoms with E-state index in [0.717, 1.165) is 62.6 Å². The second-order valence-corrected chi connectivity index (χ2v) is 9.54. The van der Waals surface area contributed by atoms with E-state index in [-0.39, 0.29) is 36.1 Å². The molecule has 0 bridgehead atoms. The number of hydrogen-bond acceptors (Lipinski definition) is 6. The first-order valence-electron chi connectivity index (χ1n) is 11.3. The van der Waals surface area contributed by atoms with Gasteiger partial charge in [-0.05, 0) is 43.8 Å². The molecule has 1 aliphatic rings. The molecule has 8 nitrogen and oxygen atoms in total. The number of piperazine rings is 1. The number of benzene rings is 1. The van der Waals surface area contributed by atoms with E-state index < -0.39 is 0 Å². The molecule has 1 saturated heterocycles. The van der Waals surface area contributed by atoms with Crippen molar-refractivity contribution in [2.45, 2.75) is 24.3 Å². The fourth-order valence-corrected chi connectivity index (χ4v) is 5.12. The lowest BCUT2D eigenvalue weighted by Gasteiger charge is -2.34. The molecule has 1 fully saturated rings. The molecular weight excluding hydrogens is 495 g/mol. The Morgan fingerprint density at radius 3 is 2.12 bits per heavy atom. The van der Waals surface area contributed by atoms with E-state index in [0.29, 0.717) is 11.2 Å². The van der Waals surface area contributed by atoms with Crippen LogP contribution in [-0.2, 0) is 20.6 Å². The van der Waals surface area contributed by atoms with Crippen molar-refractivity contribution in [3.63, 3.8) is 0 Å². The Balaban J connectivity index is 0.00000204. The van der Waals surface area contributed by atoms with Crippen molar-refractivity contribution in [2.75, 3.05) is 45.0 Å². The van der Waals surface area contributed by atoms with Crippen LogP contribution in [0.4, 0.5) is 0 Å². The fourth-order valence-electron chi connectivity index (χ4n) is 4.26. The fraction of sp³-hybridized carbons (Fsp3) is 0.522. The summed E-state index contributed by atoms with van der Waals surface area (Å²) in [5.74, 6) is 1.16. The van der Waals surface area contributed by atoms with E-state index in [1.807, 2.05) is 16.3 Å². The largest absolute Gasteiger partial charge is 0.332 e. The minimum atomic E-state index is -0.343. The molecule has 0 unspecified atom stereocenters. The Bertz CT molecular complexity index is 1160. The van der Waals surface area contributed by atoms with Crippen molar-refractivity contribution in [1.29, 1.82) is 0 Å². The van der Waals surface area contributed by atoms with Crippen LogP contribution in [0.2, 0.25) is 0 Å². The summed E-state index contributed by atoms with van der Waals surface area (Å²) in [4.78, 5) is 35.3. The molecule has 188 valence electrons. The quantitative estimate of drug-likeness (QED) is 0.314. The number of fused-ring (bicyclic) bond motifs is 1. The zero-order valence-electron chi connectivity index (χ0n) is 19.8. The maximum Gasteiger partial charge on any atom is 0.332 e. The number of imidazole rings is 1. The molecule has 0 radical (unpaired) electrons. The number of halogens is 2. The van der Waals surface area contributed by atoms with Gasteiger partial charge in [-0.15, -0.1) is 36.6 Å². The second kappa shape index (κ2) is 13.3. The van der Waals surface area contributed by atoms with E-state index in [4.69, 9.17) is 0 Å². The lowest BCUT2D eigenvalue weighted by Crippen LogP contribution is -2.46. The Kier molecular flexibility index (Phi) is 11.2. The van der Waals surface area contributed by atoms with Gasteiger partial charge in [-0.1, -0.05) is 18.2 Å². The first-order valence-corrected chi connectivity index (χ1v) is 12.3. The Morgan fingerprint density at radius 1 is 0.853 bits per heavy atom. The SMILES string of the molecule is Cl.Cl.Cn1c(=O)c2c(ncn2CCCN2CCN(CCCSc3ccccc3)CC2)n(C)c1=O. The third kappa shape index (κ3) is 6.66. The molecule has 3 heterocycles. The van der Waals surface area contributed by atoms with Gasteiger partial charge >= 0.3 is 5.69 Å². The monoisotopic (exact) mass is 528 g/mol. The average molecular weight is 530 g/mol. The summed E-state index contributed by atoms with van der Waals surface area (Å²) in [7, 11) is 3.17. The first-order chi connectivity index (χ1) is 15.5. The molecule has 34 heavy (non-hydrogen) atoms. The van der Waals surface area contributed by atoms with Gasteiger partial charge in [0.25, 0.3) is 5.56 Å². The van der Waals surface area contributed by atoms with Gasteiger partial charge in [-0.25, -0.2) is 9.78 Å². The lowest BCUT2D eigenvalue weighted by atomic mass is 10.2. The predicted octanol–water partition coefficient (Wildman–Crippen LogP) is 2.47. The van der Waals surface area contributed by atoms with E-state index >= 15 is 0 Å². The van der Waals surface area contributed by atoms with Crippen LogP contribution in [-0.4, -0.2) is 73.5 Å². The summed E-state index contributed by atoms with van der Waals surface area (Å²) < 4.78 is 4.47. The zero-order valence-corrected chi connectivity index (χ0v) is 22.2. The average Bonchev–Trinajstić information content (AvgIpc) is 3.25. The third-order valence-electron chi connectivity index (χ3n) is 6.19. The van der Waals surface area contributed by atoms with Crippen LogP contribution in [0.15, 0.2) is 51.1 Å². The smallest absolute Gasteiger partial charge is 0.325 e.